The van der Waals surface area contributed by atoms with E-state index in [1.165, 1.54) is 27.4 Å². The molecule has 0 aliphatic rings. The maximum atomic E-state index is 11.4. The molecule has 4 nitrogen and oxygen atoms in total. The summed E-state index contributed by atoms with van der Waals surface area (Å²) >= 11 is 1.70. The second-order valence-corrected chi connectivity index (χ2v) is 4.60. The fourth-order valence-electron chi connectivity index (χ4n) is 1.31. The first-order chi connectivity index (χ1) is 7.66. The van der Waals surface area contributed by atoms with E-state index < -0.39 is 0 Å². The van der Waals surface area contributed by atoms with Crippen molar-refractivity contribution in [1.29, 1.82) is 0 Å². The second-order valence-electron chi connectivity index (χ2n) is 3.60. The largest absolute Gasteiger partial charge is 0.365 e. The summed E-state index contributed by atoms with van der Waals surface area (Å²) in [5.41, 5.74) is 1.21. The number of rotatable bonds is 3. The number of hydrogen-bond donors (Lipinski definition) is 1. The molecule has 0 spiro atoms. The quantitative estimate of drug-likeness (QED) is 0.881. The Morgan fingerprint density at radius 2 is 2.38 bits per heavy atom. The van der Waals surface area contributed by atoms with Gasteiger partial charge in [-0.05, 0) is 23.9 Å². The third kappa shape index (κ3) is 2.30. The van der Waals surface area contributed by atoms with E-state index in [1.54, 1.807) is 18.4 Å². The first kappa shape index (κ1) is 10.9. The van der Waals surface area contributed by atoms with Crippen LogP contribution in [0.25, 0.3) is 0 Å². The zero-order valence-electron chi connectivity index (χ0n) is 9.23. The van der Waals surface area contributed by atoms with Crippen LogP contribution in [0.5, 0.6) is 0 Å². The molecule has 2 aromatic heterocycles. The fraction of sp³-hybridized carbons (Fsp3) is 0.273. The summed E-state index contributed by atoms with van der Waals surface area (Å²) in [6, 6.07) is 3.59. The van der Waals surface area contributed by atoms with Crippen molar-refractivity contribution in [3.05, 3.63) is 44.6 Å². The molecule has 0 aromatic carbocycles. The van der Waals surface area contributed by atoms with Crippen molar-refractivity contribution in [2.24, 2.45) is 7.05 Å². The number of aryl methyl sites for hydroxylation is 2. The SMILES string of the molecule is Cc1ccsc1CNc1cc(=O)n(C)cn1. The van der Waals surface area contributed by atoms with Crippen LogP contribution >= 0.6 is 11.3 Å². The van der Waals surface area contributed by atoms with Crippen molar-refractivity contribution in [3.63, 3.8) is 0 Å². The molecular formula is C11H13N3OS. The van der Waals surface area contributed by atoms with E-state index in [0.717, 1.165) is 0 Å². The molecule has 5 heteroatoms. The maximum absolute atomic E-state index is 11.4. The van der Waals surface area contributed by atoms with Crippen LogP contribution in [-0.2, 0) is 13.6 Å². The lowest BCUT2D eigenvalue weighted by atomic mass is 10.3. The minimum Gasteiger partial charge on any atom is -0.365 e. The molecule has 1 N–H and O–H groups in total. The van der Waals surface area contributed by atoms with Gasteiger partial charge < -0.3 is 9.88 Å². The molecule has 16 heavy (non-hydrogen) atoms. The Bertz CT molecular complexity index is 544. The van der Waals surface area contributed by atoms with Crippen molar-refractivity contribution in [2.45, 2.75) is 13.5 Å². The Kier molecular flexibility index (Phi) is 3.05. The second kappa shape index (κ2) is 4.49. The normalized spacial score (nSPS) is 10.4. The average Bonchev–Trinajstić information content (AvgIpc) is 2.66. The summed E-state index contributed by atoms with van der Waals surface area (Å²) in [6.45, 7) is 2.79. The van der Waals surface area contributed by atoms with E-state index in [1.807, 2.05) is 0 Å². The van der Waals surface area contributed by atoms with E-state index in [4.69, 9.17) is 0 Å². The Labute approximate surface area is 97.6 Å². The van der Waals surface area contributed by atoms with Crippen LogP contribution < -0.4 is 10.9 Å². The molecule has 84 valence electrons. The van der Waals surface area contributed by atoms with Crippen molar-refractivity contribution < 1.29 is 0 Å². The molecule has 0 unspecified atom stereocenters. The minimum atomic E-state index is -0.0552. The number of thiophene rings is 1. The molecule has 2 rings (SSSR count). The predicted molar refractivity (Wildman–Crippen MR) is 65.9 cm³/mol. The first-order valence-corrected chi connectivity index (χ1v) is 5.84. The Balaban J connectivity index is 2.08. The van der Waals surface area contributed by atoms with Gasteiger partial charge in [0.25, 0.3) is 5.56 Å². The van der Waals surface area contributed by atoms with Crippen molar-refractivity contribution >= 4 is 17.2 Å². The molecule has 0 saturated heterocycles. The molecule has 2 heterocycles. The van der Waals surface area contributed by atoms with Crippen molar-refractivity contribution in [1.82, 2.24) is 9.55 Å². The van der Waals surface area contributed by atoms with E-state index >= 15 is 0 Å². The minimum absolute atomic E-state index is 0.0552. The van der Waals surface area contributed by atoms with Crippen LogP contribution in [0.3, 0.4) is 0 Å². The van der Waals surface area contributed by atoms with Gasteiger partial charge in [-0.3, -0.25) is 4.79 Å². The zero-order chi connectivity index (χ0) is 11.5. The van der Waals surface area contributed by atoms with Gasteiger partial charge in [-0.15, -0.1) is 11.3 Å². The molecule has 0 amide bonds. The van der Waals surface area contributed by atoms with Crippen LogP contribution in [-0.4, -0.2) is 9.55 Å². The lowest BCUT2D eigenvalue weighted by molar-refractivity contribution is 0.824. The highest BCUT2D eigenvalue weighted by Gasteiger charge is 2.01. The molecule has 0 aliphatic heterocycles. The monoisotopic (exact) mass is 235 g/mol. The molecule has 0 fully saturated rings. The number of hydrogen-bond acceptors (Lipinski definition) is 4. The van der Waals surface area contributed by atoms with Crippen LogP contribution in [0.4, 0.5) is 5.82 Å². The molecule has 0 saturated carbocycles. The van der Waals surface area contributed by atoms with Crippen LogP contribution in [0.1, 0.15) is 10.4 Å². The van der Waals surface area contributed by atoms with Gasteiger partial charge in [-0.1, -0.05) is 0 Å². The Hall–Kier alpha value is -1.62. The molecular weight excluding hydrogens is 222 g/mol. The summed E-state index contributed by atoms with van der Waals surface area (Å²) in [5.74, 6) is 0.621. The summed E-state index contributed by atoms with van der Waals surface area (Å²) in [5, 5.41) is 5.20. The first-order valence-electron chi connectivity index (χ1n) is 4.96. The number of aromatic nitrogens is 2. The van der Waals surface area contributed by atoms with Gasteiger partial charge >= 0.3 is 0 Å². The third-order valence-corrected chi connectivity index (χ3v) is 3.40. The van der Waals surface area contributed by atoms with Crippen LogP contribution in [0.15, 0.2) is 28.6 Å². The summed E-state index contributed by atoms with van der Waals surface area (Å²) in [6.07, 6.45) is 1.52. The molecule has 0 radical (unpaired) electrons. The third-order valence-electron chi connectivity index (χ3n) is 2.38. The summed E-state index contributed by atoms with van der Waals surface area (Å²) in [7, 11) is 1.68. The molecule has 0 bridgehead atoms. The molecule has 0 aliphatic carbocycles. The van der Waals surface area contributed by atoms with Crippen molar-refractivity contribution in [3.8, 4) is 0 Å². The lowest BCUT2D eigenvalue weighted by Crippen LogP contribution is -2.17. The van der Waals surface area contributed by atoms with Gasteiger partial charge in [-0.25, -0.2) is 4.98 Å². The maximum Gasteiger partial charge on any atom is 0.255 e. The van der Waals surface area contributed by atoms with Gasteiger partial charge in [-0.2, -0.15) is 0 Å². The number of nitrogens with zero attached hydrogens (tertiary/aromatic N) is 2. The van der Waals surface area contributed by atoms with E-state index in [9.17, 15) is 4.79 Å². The average molecular weight is 235 g/mol. The highest BCUT2D eigenvalue weighted by Crippen LogP contribution is 2.16. The van der Waals surface area contributed by atoms with E-state index in [2.05, 4.69) is 28.7 Å². The lowest BCUT2D eigenvalue weighted by Gasteiger charge is -2.05. The zero-order valence-corrected chi connectivity index (χ0v) is 10.0. The predicted octanol–water partition coefficient (Wildman–Crippen LogP) is 1.76. The van der Waals surface area contributed by atoms with Gasteiger partial charge in [0.15, 0.2) is 0 Å². The highest BCUT2D eigenvalue weighted by atomic mass is 32.1. The Morgan fingerprint density at radius 3 is 3.00 bits per heavy atom. The number of nitrogens with one attached hydrogen (secondary N) is 1. The van der Waals surface area contributed by atoms with Gasteiger partial charge in [0.1, 0.15) is 5.82 Å². The van der Waals surface area contributed by atoms with Crippen LogP contribution in [0, 0.1) is 6.92 Å². The molecule has 2 aromatic rings. The summed E-state index contributed by atoms with van der Waals surface area (Å²) < 4.78 is 1.45. The standard InChI is InChI=1S/C11H13N3OS/c1-8-3-4-16-9(8)6-12-10-5-11(15)14(2)7-13-10/h3-5,7,12H,6H2,1-2H3. The number of anilines is 1. The van der Waals surface area contributed by atoms with Crippen LogP contribution in [0.2, 0.25) is 0 Å². The van der Waals surface area contributed by atoms with Gasteiger partial charge in [0.05, 0.1) is 12.9 Å². The molecule has 0 atom stereocenters. The van der Waals surface area contributed by atoms with E-state index in [-0.39, 0.29) is 5.56 Å². The fourth-order valence-corrected chi connectivity index (χ4v) is 2.16. The van der Waals surface area contributed by atoms with E-state index in [0.29, 0.717) is 12.4 Å². The van der Waals surface area contributed by atoms with Crippen molar-refractivity contribution in [2.75, 3.05) is 5.32 Å². The van der Waals surface area contributed by atoms with Gasteiger partial charge in [0.2, 0.25) is 0 Å². The Morgan fingerprint density at radius 1 is 1.56 bits per heavy atom. The topological polar surface area (TPSA) is 46.9 Å². The van der Waals surface area contributed by atoms with Gasteiger partial charge in [0, 0.05) is 18.0 Å². The highest BCUT2D eigenvalue weighted by molar-refractivity contribution is 7.10. The smallest absolute Gasteiger partial charge is 0.255 e. The summed E-state index contributed by atoms with van der Waals surface area (Å²) in [4.78, 5) is 16.7.